The van der Waals surface area contributed by atoms with E-state index in [1.807, 2.05) is 18.2 Å². The zero-order valence-corrected chi connectivity index (χ0v) is 20.8. The van der Waals surface area contributed by atoms with Crippen LogP contribution in [0.15, 0.2) is 54.6 Å². The number of nitrogens with zero attached hydrogens (tertiary/aromatic N) is 1. The molecular weight excluding hydrogens is 486 g/mol. The van der Waals surface area contributed by atoms with Gasteiger partial charge in [0.05, 0.1) is 18.6 Å². The van der Waals surface area contributed by atoms with E-state index in [2.05, 4.69) is 10.6 Å². The number of ether oxygens (including phenoxy) is 4. The van der Waals surface area contributed by atoms with E-state index in [-0.39, 0.29) is 42.8 Å². The molecule has 0 aliphatic carbocycles. The summed E-state index contributed by atoms with van der Waals surface area (Å²) in [7, 11) is 1.56. The minimum Gasteiger partial charge on any atom is -0.490 e. The average molecular weight is 516 g/mol. The molecule has 0 spiro atoms. The number of esters is 1. The van der Waals surface area contributed by atoms with Gasteiger partial charge in [-0.3, -0.25) is 19.7 Å². The van der Waals surface area contributed by atoms with Gasteiger partial charge < -0.3 is 29.2 Å². The van der Waals surface area contributed by atoms with Gasteiger partial charge in [0.1, 0.15) is 37.4 Å². The second-order valence-electron chi connectivity index (χ2n) is 7.68. The highest BCUT2D eigenvalue weighted by Gasteiger charge is 2.34. The smallest absolute Gasteiger partial charge is 0.308 e. The maximum Gasteiger partial charge on any atom is 0.308 e. The third-order valence-corrected chi connectivity index (χ3v) is 5.54. The second kappa shape index (κ2) is 14.0. The number of nitrogens with one attached hydrogen (secondary N) is 2. The van der Waals surface area contributed by atoms with Crippen LogP contribution in [0.25, 0.3) is 0 Å². The van der Waals surface area contributed by atoms with Gasteiger partial charge in [0.25, 0.3) is 5.91 Å². The van der Waals surface area contributed by atoms with Gasteiger partial charge >= 0.3 is 5.97 Å². The number of para-hydroxylation sites is 2. The largest absolute Gasteiger partial charge is 0.490 e. The summed E-state index contributed by atoms with van der Waals surface area (Å²) in [6.07, 6.45) is -0.232. The number of methoxy groups -OCH3 is 1. The Balaban J connectivity index is 1.55. The number of thiocarbonyl (C=S) groups is 1. The first-order chi connectivity index (χ1) is 17.5. The van der Waals surface area contributed by atoms with Gasteiger partial charge in [0, 0.05) is 20.2 Å². The van der Waals surface area contributed by atoms with Gasteiger partial charge in [-0.2, -0.15) is 0 Å². The van der Waals surface area contributed by atoms with Crippen molar-refractivity contribution in [3.63, 3.8) is 0 Å². The molecule has 0 radical (unpaired) electrons. The molecule has 1 aliphatic rings. The standard InChI is InChI=1S/C25H29N3O7S/c1-32-13-14-34-21-10-6-5-9-19(21)23(30)27-25(36)28-12-11-26-24(31)20(28)17-22(29)35-16-15-33-18-7-3-2-4-8-18/h2-10,20H,11-17H2,1H3,(H,26,31)(H,27,30,36). The Hall–Kier alpha value is -3.70. The molecule has 1 heterocycles. The van der Waals surface area contributed by atoms with Gasteiger partial charge in [-0.25, -0.2) is 0 Å². The highest BCUT2D eigenvalue weighted by Crippen LogP contribution is 2.18. The predicted octanol–water partition coefficient (Wildman–Crippen LogP) is 1.54. The fourth-order valence-electron chi connectivity index (χ4n) is 3.46. The van der Waals surface area contributed by atoms with Crippen LogP contribution < -0.4 is 20.1 Å². The zero-order valence-electron chi connectivity index (χ0n) is 19.9. The summed E-state index contributed by atoms with van der Waals surface area (Å²) >= 11 is 5.42. The van der Waals surface area contributed by atoms with E-state index >= 15 is 0 Å². The summed E-state index contributed by atoms with van der Waals surface area (Å²) in [6, 6.07) is 15.0. The lowest BCUT2D eigenvalue weighted by molar-refractivity contribution is -0.148. The van der Waals surface area contributed by atoms with Crippen molar-refractivity contribution in [1.82, 2.24) is 15.5 Å². The third kappa shape index (κ3) is 7.92. The quantitative estimate of drug-likeness (QED) is 0.261. The molecule has 1 aliphatic heterocycles. The molecule has 3 rings (SSSR count). The SMILES string of the molecule is COCCOc1ccccc1C(=O)NC(=S)N1CCNC(=O)C1CC(=O)OCCOc1ccccc1. The summed E-state index contributed by atoms with van der Waals surface area (Å²) in [6.45, 7) is 1.50. The second-order valence-corrected chi connectivity index (χ2v) is 8.07. The van der Waals surface area contributed by atoms with Crippen LogP contribution in [0, 0.1) is 0 Å². The van der Waals surface area contributed by atoms with Crippen LogP contribution in [0.1, 0.15) is 16.8 Å². The molecule has 36 heavy (non-hydrogen) atoms. The van der Waals surface area contributed by atoms with E-state index in [9.17, 15) is 14.4 Å². The molecule has 2 amide bonds. The van der Waals surface area contributed by atoms with Gasteiger partial charge in [0.15, 0.2) is 5.11 Å². The lowest BCUT2D eigenvalue weighted by Gasteiger charge is -2.36. The van der Waals surface area contributed by atoms with Crippen molar-refractivity contribution in [3.8, 4) is 11.5 Å². The first kappa shape index (κ1) is 26.9. The van der Waals surface area contributed by atoms with Crippen LogP contribution in [0.2, 0.25) is 0 Å². The van der Waals surface area contributed by atoms with Crippen molar-refractivity contribution in [1.29, 1.82) is 0 Å². The monoisotopic (exact) mass is 515 g/mol. The van der Waals surface area contributed by atoms with E-state index in [1.54, 1.807) is 43.5 Å². The molecule has 2 N–H and O–H groups in total. The van der Waals surface area contributed by atoms with Gasteiger partial charge in [-0.15, -0.1) is 0 Å². The maximum absolute atomic E-state index is 12.9. The molecule has 0 saturated carbocycles. The Labute approximate surface area is 214 Å². The van der Waals surface area contributed by atoms with E-state index in [1.165, 1.54) is 4.90 Å². The number of carbonyl (C=O) groups is 3. The van der Waals surface area contributed by atoms with Gasteiger partial charge in [-0.1, -0.05) is 30.3 Å². The zero-order chi connectivity index (χ0) is 25.8. The molecule has 192 valence electrons. The molecule has 11 heteroatoms. The molecule has 2 aromatic carbocycles. The summed E-state index contributed by atoms with van der Waals surface area (Å²) in [4.78, 5) is 39.4. The number of piperazine rings is 1. The number of benzene rings is 2. The first-order valence-corrected chi connectivity index (χ1v) is 11.8. The van der Waals surface area contributed by atoms with E-state index in [4.69, 9.17) is 31.2 Å². The predicted molar refractivity (Wildman–Crippen MR) is 135 cm³/mol. The number of carbonyl (C=O) groups excluding carboxylic acids is 3. The molecule has 2 aromatic rings. The number of rotatable bonds is 11. The molecule has 1 unspecified atom stereocenters. The topological polar surface area (TPSA) is 115 Å². The lowest BCUT2D eigenvalue weighted by Crippen LogP contribution is -2.60. The Morgan fingerprint density at radius 3 is 2.53 bits per heavy atom. The van der Waals surface area contributed by atoms with E-state index < -0.39 is 17.9 Å². The molecule has 0 bridgehead atoms. The molecule has 1 saturated heterocycles. The average Bonchev–Trinajstić information content (AvgIpc) is 2.89. The van der Waals surface area contributed by atoms with Gasteiger partial charge in [0.2, 0.25) is 5.91 Å². The highest BCUT2D eigenvalue weighted by atomic mass is 32.1. The van der Waals surface area contributed by atoms with Crippen LogP contribution >= 0.6 is 12.2 Å². The van der Waals surface area contributed by atoms with Crippen LogP contribution in [0.5, 0.6) is 11.5 Å². The van der Waals surface area contributed by atoms with Gasteiger partial charge in [-0.05, 0) is 36.5 Å². The Morgan fingerprint density at radius 2 is 1.75 bits per heavy atom. The molecule has 1 fully saturated rings. The summed E-state index contributed by atoms with van der Waals surface area (Å²) in [5, 5.41) is 5.40. The molecular formula is C25H29N3O7S. The van der Waals surface area contributed by atoms with Crippen molar-refractivity contribution in [2.45, 2.75) is 12.5 Å². The fraction of sp³-hybridized carbons (Fsp3) is 0.360. The van der Waals surface area contributed by atoms with Crippen LogP contribution in [0.3, 0.4) is 0 Å². The van der Waals surface area contributed by atoms with Crippen molar-refractivity contribution in [2.24, 2.45) is 0 Å². The fourth-order valence-corrected chi connectivity index (χ4v) is 3.77. The maximum atomic E-state index is 12.9. The minimum atomic E-state index is -0.915. The lowest BCUT2D eigenvalue weighted by atomic mass is 10.1. The minimum absolute atomic E-state index is 0.0309. The first-order valence-electron chi connectivity index (χ1n) is 11.4. The Kier molecular flexibility index (Phi) is 10.5. The number of hydrogen-bond donors (Lipinski definition) is 2. The Morgan fingerprint density at radius 1 is 1.03 bits per heavy atom. The molecule has 0 aromatic heterocycles. The number of hydrogen-bond acceptors (Lipinski definition) is 8. The Bertz CT molecular complexity index is 1050. The van der Waals surface area contributed by atoms with Crippen molar-refractivity contribution < 1.29 is 33.3 Å². The normalized spacial score (nSPS) is 15.0. The molecule has 1 atom stereocenters. The third-order valence-electron chi connectivity index (χ3n) is 5.21. The summed E-state index contributed by atoms with van der Waals surface area (Å²) in [5.74, 6) is -0.399. The van der Waals surface area contributed by atoms with E-state index in [0.717, 1.165) is 0 Å². The number of amides is 2. The van der Waals surface area contributed by atoms with Crippen molar-refractivity contribution in [3.05, 3.63) is 60.2 Å². The summed E-state index contributed by atoms with van der Waals surface area (Å²) < 4.78 is 21.3. The van der Waals surface area contributed by atoms with Crippen LogP contribution in [0.4, 0.5) is 0 Å². The van der Waals surface area contributed by atoms with Crippen LogP contribution in [-0.2, 0) is 19.1 Å². The molecule has 10 nitrogen and oxygen atoms in total. The summed E-state index contributed by atoms with van der Waals surface area (Å²) in [5.41, 5.74) is 0.284. The van der Waals surface area contributed by atoms with Crippen molar-refractivity contribution >= 4 is 35.1 Å². The highest BCUT2D eigenvalue weighted by molar-refractivity contribution is 7.80. The van der Waals surface area contributed by atoms with Crippen LogP contribution in [-0.4, -0.2) is 80.5 Å². The van der Waals surface area contributed by atoms with E-state index in [0.29, 0.717) is 31.2 Å². The van der Waals surface area contributed by atoms with Crippen molar-refractivity contribution in [2.75, 3.05) is 46.6 Å².